The van der Waals surface area contributed by atoms with E-state index in [0.29, 0.717) is 0 Å². The van der Waals surface area contributed by atoms with Crippen LogP contribution in [0, 0.1) is 5.92 Å². The lowest BCUT2D eigenvalue weighted by Gasteiger charge is -2.10. The smallest absolute Gasteiger partial charge is 0.120 e. The topological polar surface area (TPSA) is 17.1 Å². The highest BCUT2D eigenvalue weighted by Gasteiger charge is 2.10. The average Bonchev–Trinajstić information content (AvgIpc) is 2.33. The maximum atomic E-state index is 9.93. The summed E-state index contributed by atoms with van der Waals surface area (Å²) in [5.41, 5.74) is 0. The molecule has 1 saturated carbocycles. The Labute approximate surface area is 74.9 Å². The lowest BCUT2D eigenvalue weighted by molar-refractivity contribution is 0.431. The number of carbonyl (C=O) groups excluding carboxylic acids is 1. The van der Waals surface area contributed by atoms with E-state index >= 15 is 0 Å². The first-order valence-electron chi connectivity index (χ1n) is 5.13. The van der Waals surface area contributed by atoms with E-state index in [1.54, 1.807) is 6.08 Å². The molecule has 1 nitrogen and oxygen atoms in total. The first kappa shape index (κ1) is 9.54. The van der Waals surface area contributed by atoms with Crippen molar-refractivity contribution in [1.29, 1.82) is 0 Å². The molecule has 0 saturated heterocycles. The third-order valence-corrected chi connectivity index (χ3v) is 2.78. The maximum absolute atomic E-state index is 9.93. The highest BCUT2D eigenvalue weighted by atomic mass is 16.1. The summed E-state index contributed by atoms with van der Waals surface area (Å²) in [6.07, 6.45) is 12.2. The number of allylic oxidation sites excluding steroid dienone is 1. The van der Waals surface area contributed by atoms with Crippen LogP contribution in [0.4, 0.5) is 0 Å². The van der Waals surface area contributed by atoms with Gasteiger partial charge in [0.05, 0.1) is 0 Å². The summed E-state index contributed by atoms with van der Waals surface area (Å²) in [6.45, 7) is 0. The minimum Gasteiger partial charge on any atom is -0.234 e. The molecule has 1 aliphatic rings. The minimum absolute atomic E-state index is 0.886. The third-order valence-electron chi connectivity index (χ3n) is 2.78. The van der Waals surface area contributed by atoms with Crippen LogP contribution in [0.3, 0.4) is 0 Å². The molecular formula is C11H18O. The molecule has 0 aromatic rings. The molecule has 0 bridgehead atoms. The van der Waals surface area contributed by atoms with Gasteiger partial charge in [-0.25, -0.2) is 4.79 Å². The summed E-state index contributed by atoms with van der Waals surface area (Å²) in [4.78, 5) is 9.93. The quantitative estimate of drug-likeness (QED) is 0.465. The van der Waals surface area contributed by atoms with E-state index in [4.69, 9.17) is 0 Å². The van der Waals surface area contributed by atoms with Gasteiger partial charge in [0.15, 0.2) is 0 Å². The predicted octanol–water partition coefficient (Wildman–Crippen LogP) is 3.12. The molecular weight excluding hydrogens is 148 g/mol. The molecule has 0 radical (unpaired) electrons. The van der Waals surface area contributed by atoms with E-state index in [2.05, 4.69) is 0 Å². The van der Waals surface area contributed by atoms with E-state index in [-0.39, 0.29) is 0 Å². The van der Waals surface area contributed by atoms with Crippen molar-refractivity contribution >= 4 is 5.94 Å². The van der Waals surface area contributed by atoms with Crippen molar-refractivity contribution in [3.63, 3.8) is 0 Å². The molecule has 0 unspecified atom stereocenters. The normalized spacial score (nSPS) is 19.7. The van der Waals surface area contributed by atoms with Gasteiger partial charge in [-0.15, -0.1) is 0 Å². The molecule has 0 N–H and O–H groups in total. The monoisotopic (exact) mass is 166 g/mol. The van der Waals surface area contributed by atoms with Gasteiger partial charge in [-0.2, -0.15) is 0 Å². The van der Waals surface area contributed by atoms with Gasteiger partial charge in [0.2, 0.25) is 0 Å². The Balaban J connectivity index is 2.15. The summed E-state index contributed by atoms with van der Waals surface area (Å²) in [5, 5.41) is 0. The Bertz CT molecular complexity index is 148. The highest BCUT2D eigenvalue weighted by molar-refractivity contribution is 5.44. The summed E-state index contributed by atoms with van der Waals surface area (Å²) in [6, 6.07) is 0. The molecule has 68 valence electrons. The molecule has 1 fully saturated rings. The molecule has 0 atom stereocenters. The molecule has 0 aliphatic heterocycles. The first-order chi connectivity index (χ1) is 5.93. The summed E-state index contributed by atoms with van der Waals surface area (Å²) >= 11 is 0. The van der Waals surface area contributed by atoms with Crippen molar-refractivity contribution in [2.24, 2.45) is 5.92 Å². The second-order valence-corrected chi connectivity index (χ2v) is 3.76. The van der Waals surface area contributed by atoms with Crippen molar-refractivity contribution in [3.05, 3.63) is 6.08 Å². The van der Waals surface area contributed by atoms with Crippen LogP contribution in [0.25, 0.3) is 0 Å². The standard InChI is InChI=1S/C11H18O/c12-10-6-5-9-11-7-3-1-2-4-8-11/h6,11H,1-5,7-9H2. The van der Waals surface area contributed by atoms with Gasteiger partial charge in [-0.3, -0.25) is 0 Å². The lowest BCUT2D eigenvalue weighted by Crippen LogP contribution is -1.97. The van der Waals surface area contributed by atoms with Gasteiger partial charge in [-0.05, 0) is 24.8 Å². The van der Waals surface area contributed by atoms with E-state index in [1.165, 1.54) is 44.9 Å². The fraction of sp³-hybridized carbons (Fsp3) is 0.818. The highest BCUT2D eigenvalue weighted by Crippen LogP contribution is 2.26. The molecule has 1 rings (SSSR count). The molecule has 1 heteroatoms. The molecule has 1 aliphatic carbocycles. The third kappa shape index (κ3) is 3.73. The summed E-state index contributed by atoms with van der Waals surface area (Å²) in [5.74, 6) is 2.73. The van der Waals surface area contributed by atoms with Gasteiger partial charge in [0.1, 0.15) is 5.94 Å². The van der Waals surface area contributed by atoms with Crippen LogP contribution in [0.15, 0.2) is 6.08 Å². The van der Waals surface area contributed by atoms with Crippen molar-refractivity contribution in [1.82, 2.24) is 0 Å². The summed E-state index contributed by atoms with van der Waals surface area (Å²) in [7, 11) is 0. The van der Waals surface area contributed by atoms with E-state index < -0.39 is 0 Å². The van der Waals surface area contributed by atoms with Gasteiger partial charge >= 0.3 is 0 Å². The molecule has 0 spiro atoms. The zero-order valence-corrected chi connectivity index (χ0v) is 7.72. The Kier molecular flexibility index (Phi) is 4.79. The fourth-order valence-corrected chi connectivity index (χ4v) is 2.03. The van der Waals surface area contributed by atoms with Gasteiger partial charge in [-0.1, -0.05) is 38.5 Å². The molecule has 12 heavy (non-hydrogen) atoms. The van der Waals surface area contributed by atoms with Crippen LogP contribution in [0.2, 0.25) is 0 Å². The van der Waals surface area contributed by atoms with Crippen LogP contribution in [0.1, 0.15) is 51.4 Å². The van der Waals surface area contributed by atoms with E-state index in [9.17, 15) is 4.79 Å². The maximum Gasteiger partial charge on any atom is 0.120 e. The predicted molar refractivity (Wildman–Crippen MR) is 50.7 cm³/mol. The van der Waals surface area contributed by atoms with Crippen molar-refractivity contribution < 1.29 is 4.79 Å². The number of hydrogen-bond donors (Lipinski definition) is 0. The number of hydrogen-bond acceptors (Lipinski definition) is 1. The van der Waals surface area contributed by atoms with Gasteiger partial charge < -0.3 is 0 Å². The van der Waals surface area contributed by atoms with E-state index in [0.717, 1.165) is 12.3 Å². The Morgan fingerprint density at radius 2 is 1.83 bits per heavy atom. The lowest BCUT2D eigenvalue weighted by atomic mass is 9.95. The van der Waals surface area contributed by atoms with Gasteiger partial charge in [0, 0.05) is 0 Å². The minimum atomic E-state index is 0.886. The van der Waals surface area contributed by atoms with Crippen molar-refractivity contribution in [2.75, 3.05) is 0 Å². The van der Waals surface area contributed by atoms with Crippen LogP contribution in [0.5, 0.6) is 0 Å². The molecule has 0 heterocycles. The summed E-state index contributed by atoms with van der Waals surface area (Å²) < 4.78 is 0. The average molecular weight is 166 g/mol. The molecule has 0 aromatic carbocycles. The van der Waals surface area contributed by atoms with Crippen molar-refractivity contribution in [3.8, 4) is 0 Å². The molecule has 0 aromatic heterocycles. The Hall–Kier alpha value is -0.550. The molecule has 0 amide bonds. The first-order valence-corrected chi connectivity index (χ1v) is 5.13. The van der Waals surface area contributed by atoms with E-state index in [1.807, 2.05) is 5.94 Å². The van der Waals surface area contributed by atoms with Crippen LogP contribution < -0.4 is 0 Å². The van der Waals surface area contributed by atoms with Crippen LogP contribution in [-0.4, -0.2) is 5.94 Å². The van der Waals surface area contributed by atoms with Crippen LogP contribution >= 0.6 is 0 Å². The second kappa shape index (κ2) is 6.02. The largest absolute Gasteiger partial charge is 0.234 e. The SMILES string of the molecule is O=C=CCCC1CCCCCC1. The zero-order chi connectivity index (χ0) is 8.65. The zero-order valence-electron chi connectivity index (χ0n) is 7.72. The van der Waals surface area contributed by atoms with Crippen LogP contribution in [-0.2, 0) is 4.79 Å². The van der Waals surface area contributed by atoms with Crippen molar-refractivity contribution in [2.45, 2.75) is 51.4 Å². The Morgan fingerprint density at radius 1 is 1.17 bits per heavy atom. The second-order valence-electron chi connectivity index (χ2n) is 3.76. The number of rotatable bonds is 3. The fourth-order valence-electron chi connectivity index (χ4n) is 2.03. The van der Waals surface area contributed by atoms with Gasteiger partial charge in [0.25, 0.3) is 0 Å². The Morgan fingerprint density at radius 3 is 2.42 bits per heavy atom.